The molecule has 0 saturated heterocycles. The normalized spacial score (nSPS) is 11.1. The molecule has 0 aliphatic heterocycles. The van der Waals surface area contributed by atoms with Gasteiger partial charge in [-0.25, -0.2) is 0 Å². The fraction of sp³-hybridized carbons (Fsp3) is 0.125. The van der Waals surface area contributed by atoms with Gasteiger partial charge in [-0.05, 0) is 41.7 Å². The molecule has 3 aromatic heterocycles. The number of fused-ring (bicyclic) bond motifs is 6. The standard InChI is InChI=1S/C16H12N3.Ir/c1-10-5-3-6-12-14-9-11(2)18-19(14)13-7-4-8-17-16(13)15(10)12;/h3-6,8-9H,1-2H3;/q-1;. The summed E-state index contributed by atoms with van der Waals surface area (Å²) >= 11 is 0. The Morgan fingerprint density at radius 3 is 2.90 bits per heavy atom. The number of benzene rings is 1. The van der Waals surface area contributed by atoms with Gasteiger partial charge in [0.05, 0.1) is 11.2 Å². The average molecular weight is 439 g/mol. The van der Waals surface area contributed by atoms with Gasteiger partial charge in [-0.3, -0.25) is 4.52 Å². The molecule has 0 amide bonds. The minimum Gasteiger partial charge on any atom is -0.381 e. The molecule has 0 N–H and O–H groups in total. The van der Waals surface area contributed by atoms with Crippen molar-refractivity contribution in [3.63, 3.8) is 0 Å². The molecule has 101 valence electrons. The molecule has 1 radical (unpaired) electrons. The maximum absolute atomic E-state index is 4.57. The fourth-order valence-corrected chi connectivity index (χ4v) is 2.76. The van der Waals surface area contributed by atoms with E-state index in [1.807, 2.05) is 17.5 Å². The molecular formula is C16H12IrN3-. The summed E-state index contributed by atoms with van der Waals surface area (Å²) in [4.78, 5) is 4.54. The zero-order valence-corrected chi connectivity index (χ0v) is 13.5. The molecule has 0 bridgehead atoms. The van der Waals surface area contributed by atoms with Gasteiger partial charge in [0, 0.05) is 20.1 Å². The Labute approximate surface area is 130 Å². The van der Waals surface area contributed by atoms with Crippen molar-refractivity contribution in [1.82, 2.24) is 14.6 Å². The van der Waals surface area contributed by atoms with E-state index in [2.05, 4.69) is 47.3 Å². The number of aryl methyl sites for hydroxylation is 2. The first kappa shape index (κ1) is 13.2. The summed E-state index contributed by atoms with van der Waals surface area (Å²) in [5, 5.41) is 6.96. The molecule has 4 aromatic rings. The smallest absolute Gasteiger partial charge is 0.0715 e. The average Bonchev–Trinajstić information content (AvgIpc) is 2.81. The van der Waals surface area contributed by atoms with Gasteiger partial charge in [0.15, 0.2) is 0 Å². The number of rotatable bonds is 0. The summed E-state index contributed by atoms with van der Waals surface area (Å²) in [6.45, 7) is 4.13. The van der Waals surface area contributed by atoms with E-state index >= 15 is 0 Å². The zero-order chi connectivity index (χ0) is 13.0. The van der Waals surface area contributed by atoms with Crippen LogP contribution >= 0.6 is 0 Å². The van der Waals surface area contributed by atoms with Gasteiger partial charge in [-0.15, -0.1) is 0 Å². The van der Waals surface area contributed by atoms with Gasteiger partial charge < -0.3 is 4.98 Å². The van der Waals surface area contributed by atoms with E-state index in [1.54, 1.807) is 6.20 Å². The molecule has 4 heteroatoms. The largest absolute Gasteiger partial charge is 0.381 e. The van der Waals surface area contributed by atoms with Crippen LogP contribution in [-0.2, 0) is 20.1 Å². The van der Waals surface area contributed by atoms with Crippen LogP contribution < -0.4 is 0 Å². The fourth-order valence-electron chi connectivity index (χ4n) is 2.76. The number of pyridine rings is 2. The van der Waals surface area contributed by atoms with Gasteiger partial charge >= 0.3 is 0 Å². The maximum atomic E-state index is 4.57. The van der Waals surface area contributed by atoms with E-state index in [9.17, 15) is 0 Å². The van der Waals surface area contributed by atoms with Crippen molar-refractivity contribution in [2.45, 2.75) is 13.8 Å². The van der Waals surface area contributed by atoms with Gasteiger partial charge in [0.25, 0.3) is 0 Å². The molecule has 4 rings (SSSR count). The second-order valence-electron chi connectivity index (χ2n) is 4.87. The molecule has 0 aliphatic carbocycles. The van der Waals surface area contributed by atoms with Crippen molar-refractivity contribution in [2.24, 2.45) is 0 Å². The summed E-state index contributed by atoms with van der Waals surface area (Å²) in [5.74, 6) is 0. The van der Waals surface area contributed by atoms with Crippen LogP contribution in [0.4, 0.5) is 0 Å². The van der Waals surface area contributed by atoms with Crippen LogP contribution in [0.1, 0.15) is 11.3 Å². The van der Waals surface area contributed by atoms with Crippen LogP contribution in [0.2, 0.25) is 0 Å². The second kappa shape index (κ2) is 4.65. The van der Waals surface area contributed by atoms with Crippen molar-refractivity contribution >= 4 is 27.3 Å². The van der Waals surface area contributed by atoms with Crippen molar-refractivity contribution in [2.75, 3.05) is 0 Å². The third-order valence-electron chi connectivity index (χ3n) is 3.55. The van der Waals surface area contributed by atoms with Crippen molar-refractivity contribution in [3.05, 3.63) is 53.9 Å². The molecule has 0 aliphatic rings. The van der Waals surface area contributed by atoms with Crippen LogP contribution in [0.3, 0.4) is 0 Å². The zero-order valence-electron chi connectivity index (χ0n) is 11.1. The number of hydrogen-bond acceptors (Lipinski definition) is 2. The molecule has 0 unspecified atom stereocenters. The first-order valence-corrected chi connectivity index (χ1v) is 6.30. The molecule has 3 nitrogen and oxygen atoms in total. The third kappa shape index (κ3) is 1.69. The summed E-state index contributed by atoms with van der Waals surface area (Å²) in [5.41, 5.74) is 5.26. The van der Waals surface area contributed by atoms with Crippen LogP contribution in [0, 0.1) is 19.9 Å². The predicted octanol–water partition coefficient (Wildman–Crippen LogP) is 3.45. The summed E-state index contributed by atoms with van der Waals surface area (Å²) in [6.07, 6.45) is 1.79. The number of aromatic nitrogens is 3. The predicted molar refractivity (Wildman–Crippen MR) is 76.3 cm³/mol. The van der Waals surface area contributed by atoms with Gasteiger partial charge in [-0.1, -0.05) is 30.0 Å². The van der Waals surface area contributed by atoms with E-state index in [1.165, 1.54) is 16.3 Å². The Hall–Kier alpha value is -1.77. The van der Waals surface area contributed by atoms with Crippen LogP contribution in [0.5, 0.6) is 0 Å². The van der Waals surface area contributed by atoms with Crippen LogP contribution in [0.25, 0.3) is 27.3 Å². The molecular weight excluding hydrogens is 426 g/mol. The van der Waals surface area contributed by atoms with Crippen LogP contribution in [-0.4, -0.2) is 14.6 Å². The van der Waals surface area contributed by atoms with Gasteiger partial charge in [0.2, 0.25) is 0 Å². The summed E-state index contributed by atoms with van der Waals surface area (Å²) in [6, 6.07) is 13.5. The van der Waals surface area contributed by atoms with E-state index < -0.39 is 0 Å². The van der Waals surface area contributed by atoms with Gasteiger partial charge in [-0.2, -0.15) is 17.2 Å². The summed E-state index contributed by atoms with van der Waals surface area (Å²) < 4.78 is 1.94. The Bertz CT molecular complexity index is 941. The molecule has 1 aromatic carbocycles. The van der Waals surface area contributed by atoms with Crippen molar-refractivity contribution < 1.29 is 20.1 Å². The van der Waals surface area contributed by atoms with Crippen molar-refractivity contribution in [3.8, 4) is 0 Å². The molecule has 0 atom stereocenters. The SMILES string of the molecule is Cc1cc2c3cccc(C)c3c3ncc[c-]c3n2n1.[Ir]. The third-order valence-corrected chi connectivity index (χ3v) is 3.55. The Kier molecular flexibility index (Phi) is 3.08. The van der Waals surface area contributed by atoms with Crippen molar-refractivity contribution in [1.29, 1.82) is 0 Å². The van der Waals surface area contributed by atoms with E-state index in [4.69, 9.17) is 0 Å². The molecule has 0 saturated carbocycles. The number of hydrogen-bond donors (Lipinski definition) is 0. The topological polar surface area (TPSA) is 30.2 Å². The second-order valence-corrected chi connectivity index (χ2v) is 4.87. The van der Waals surface area contributed by atoms with Gasteiger partial charge in [0.1, 0.15) is 0 Å². The number of nitrogens with zero attached hydrogens (tertiary/aromatic N) is 3. The Morgan fingerprint density at radius 1 is 1.20 bits per heavy atom. The Balaban J connectivity index is 0.00000121. The summed E-state index contributed by atoms with van der Waals surface area (Å²) in [7, 11) is 0. The van der Waals surface area contributed by atoms with E-state index in [-0.39, 0.29) is 20.1 Å². The molecule has 3 heterocycles. The van der Waals surface area contributed by atoms with E-state index in [0.717, 1.165) is 22.2 Å². The molecule has 20 heavy (non-hydrogen) atoms. The minimum atomic E-state index is 0. The van der Waals surface area contributed by atoms with Crippen LogP contribution in [0.15, 0.2) is 36.5 Å². The monoisotopic (exact) mass is 439 g/mol. The Morgan fingerprint density at radius 2 is 2.05 bits per heavy atom. The maximum Gasteiger partial charge on any atom is 0.0715 e. The minimum absolute atomic E-state index is 0. The quantitative estimate of drug-likeness (QED) is 0.311. The van der Waals surface area contributed by atoms with E-state index in [0.29, 0.717) is 0 Å². The molecule has 0 spiro atoms. The first-order valence-electron chi connectivity index (χ1n) is 6.30. The first-order chi connectivity index (χ1) is 9.25. The molecule has 0 fully saturated rings.